The number of anilines is 1. The molecule has 3 aliphatic carbocycles. The van der Waals surface area contributed by atoms with E-state index >= 15 is 0 Å². The van der Waals surface area contributed by atoms with E-state index in [1.54, 1.807) is 12.4 Å². The molecule has 2 bridgehead atoms. The zero-order chi connectivity index (χ0) is 22.4. The molecule has 2 aliphatic heterocycles. The lowest BCUT2D eigenvalue weighted by Crippen LogP contribution is -2.69. The Morgan fingerprint density at radius 1 is 1.38 bits per heavy atom. The number of carboxylic acid groups (broad SMARTS) is 1. The maximum absolute atomic E-state index is 12.8. The maximum atomic E-state index is 12.8. The number of fused-ring (bicyclic) bond motifs is 2. The van der Waals surface area contributed by atoms with E-state index < -0.39 is 28.6 Å². The highest BCUT2D eigenvalue weighted by atomic mass is 79.9. The lowest BCUT2D eigenvalue weighted by atomic mass is 9.54. The van der Waals surface area contributed by atoms with Gasteiger partial charge in [0.05, 0.1) is 19.8 Å². The average molecular weight is 509 g/mol. The average Bonchev–Trinajstić information content (AvgIpc) is 3.48. The van der Waals surface area contributed by atoms with Gasteiger partial charge < -0.3 is 29.8 Å². The number of imidazole rings is 1. The number of carboxylic acids is 1. The van der Waals surface area contributed by atoms with Crippen molar-refractivity contribution in [2.45, 2.75) is 56.2 Å². The minimum atomic E-state index is -1.28. The highest BCUT2D eigenvalue weighted by molar-refractivity contribution is 9.10. The van der Waals surface area contributed by atoms with E-state index in [1.807, 2.05) is 11.3 Å². The number of aromatic nitrogens is 3. The van der Waals surface area contributed by atoms with Gasteiger partial charge in [-0.3, -0.25) is 9.20 Å². The Morgan fingerprint density at radius 2 is 2.16 bits per heavy atom. The van der Waals surface area contributed by atoms with Gasteiger partial charge in [-0.25, -0.2) is 9.97 Å². The fourth-order valence-corrected chi connectivity index (χ4v) is 6.84. The van der Waals surface area contributed by atoms with Crippen molar-refractivity contribution in [2.75, 3.05) is 25.6 Å². The van der Waals surface area contributed by atoms with Crippen molar-refractivity contribution in [3.05, 3.63) is 22.8 Å². The number of carbonyl (C=O) groups is 1. The summed E-state index contributed by atoms with van der Waals surface area (Å²) in [5, 5.41) is 10.5. The first kappa shape index (κ1) is 20.8. The molecule has 2 aromatic rings. The van der Waals surface area contributed by atoms with Crippen LogP contribution in [0.15, 0.2) is 17.0 Å². The number of hydrogen-bond donors (Lipinski definition) is 2. The largest absolute Gasteiger partial charge is 0.481 e. The molecule has 5 fully saturated rings. The van der Waals surface area contributed by atoms with Crippen molar-refractivity contribution in [3.8, 4) is 0 Å². The fraction of sp³-hybridized carbons (Fsp3) is 0.667. The van der Waals surface area contributed by atoms with Crippen LogP contribution < -0.4 is 5.73 Å². The predicted octanol–water partition coefficient (Wildman–Crippen LogP) is 2.44. The number of nitrogen functional groups attached to an aromatic ring is 1. The van der Waals surface area contributed by atoms with E-state index in [0.29, 0.717) is 60.7 Å². The standard InChI is InChI=1S/C21H25BrN4O6/c1-2-19(16-25-14(22)13-15(23)24-5-6-26(13)16)11-31-21(32-19)9-12-3-4-18(21,17(27)28)10-20(12)29-7-8-30-20/h5-6,12H,2-4,7-11H2,1H3,(H2,23,24)(H,27,28). The van der Waals surface area contributed by atoms with Gasteiger partial charge in [0.15, 0.2) is 23.0 Å². The molecule has 0 radical (unpaired) electrons. The fourth-order valence-electron chi connectivity index (χ4n) is 6.28. The van der Waals surface area contributed by atoms with Gasteiger partial charge in [0.25, 0.3) is 0 Å². The molecule has 3 saturated carbocycles. The van der Waals surface area contributed by atoms with Gasteiger partial charge in [-0.15, -0.1) is 0 Å². The number of aliphatic carboxylic acids is 1. The third-order valence-electron chi connectivity index (χ3n) is 7.94. The summed E-state index contributed by atoms with van der Waals surface area (Å²) in [4.78, 5) is 21.7. The van der Waals surface area contributed by atoms with E-state index in [0.717, 1.165) is 0 Å². The molecule has 4 unspecified atom stereocenters. The number of nitrogens with zero attached hydrogens (tertiary/aromatic N) is 3. The molecular weight excluding hydrogens is 484 g/mol. The molecule has 0 amide bonds. The highest BCUT2D eigenvalue weighted by Crippen LogP contribution is 2.66. The molecule has 5 aliphatic rings. The molecule has 2 saturated heterocycles. The molecule has 32 heavy (non-hydrogen) atoms. The van der Waals surface area contributed by atoms with Gasteiger partial charge in [-0.1, -0.05) is 6.92 Å². The summed E-state index contributed by atoms with van der Waals surface area (Å²) >= 11 is 3.49. The van der Waals surface area contributed by atoms with Crippen LogP contribution in [-0.2, 0) is 29.3 Å². The second kappa shape index (κ2) is 6.63. The Bertz CT molecular complexity index is 1120. The Morgan fingerprint density at radius 3 is 2.88 bits per heavy atom. The lowest BCUT2D eigenvalue weighted by Gasteiger charge is -2.59. The van der Waals surface area contributed by atoms with E-state index in [4.69, 9.17) is 29.7 Å². The zero-order valence-corrected chi connectivity index (χ0v) is 19.3. The minimum Gasteiger partial charge on any atom is -0.481 e. The summed E-state index contributed by atoms with van der Waals surface area (Å²) < 4.78 is 27.6. The Hall–Kier alpha value is -1.79. The van der Waals surface area contributed by atoms with Crippen LogP contribution in [0.25, 0.3) is 5.52 Å². The lowest BCUT2D eigenvalue weighted by molar-refractivity contribution is -0.361. The molecule has 4 heterocycles. The third-order valence-corrected chi connectivity index (χ3v) is 8.49. The number of nitrogens with two attached hydrogens (primary N) is 1. The maximum Gasteiger partial charge on any atom is 0.315 e. The van der Waals surface area contributed by atoms with E-state index in [-0.39, 0.29) is 18.9 Å². The van der Waals surface area contributed by atoms with Crippen molar-refractivity contribution in [3.63, 3.8) is 0 Å². The van der Waals surface area contributed by atoms with Crippen molar-refractivity contribution in [1.29, 1.82) is 0 Å². The first-order chi connectivity index (χ1) is 15.3. The first-order valence-corrected chi connectivity index (χ1v) is 11.7. The smallest absolute Gasteiger partial charge is 0.315 e. The molecule has 10 nitrogen and oxygen atoms in total. The van der Waals surface area contributed by atoms with Crippen LogP contribution in [0.3, 0.4) is 0 Å². The van der Waals surface area contributed by atoms with Crippen molar-refractivity contribution < 1.29 is 28.8 Å². The predicted molar refractivity (Wildman–Crippen MR) is 113 cm³/mol. The second-order valence-corrected chi connectivity index (χ2v) is 10.0. The molecule has 3 N–H and O–H groups in total. The van der Waals surface area contributed by atoms with Crippen molar-refractivity contribution in [2.24, 2.45) is 11.3 Å². The van der Waals surface area contributed by atoms with E-state index in [1.165, 1.54) is 0 Å². The van der Waals surface area contributed by atoms with Crippen LogP contribution in [0.5, 0.6) is 0 Å². The number of rotatable bonds is 3. The monoisotopic (exact) mass is 508 g/mol. The SMILES string of the molecule is CCC1(c2nc(Br)c3c(N)nccn23)COC2(CC3CCC2(C(=O)O)CC32OCCO2)O1. The molecule has 2 aromatic heterocycles. The molecule has 172 valence electrons. The quantitative estimate of drug-likeness (QED) is 0.641. The van der Waals surface area contributed by atoms with Gasteiger partial charge in [0, 0.05) is 31.2 Å². The number of ether oxygens (including phenoxy) is 4. The molecule has 7 rings (SSSR count). The summed E-state index contributed by atoms with van der Waals surface area (Å²) in [5.74, 6) is -2.14. The summed E-state index contributed by atoms with van der Waals surface area (Å²) in [6.07, 6.45) is 5.68. The number of halogens is 1. The number of hydrogen-bond acceptors (Lipinski definition) is 8. The summed E-state index contributed by atoms with van der Waals surface area (Å²) in [7, 11) is 0. The first-order valence-electron chi connectivity index (χ1n) is 10.9. The Balaban J connectivity index is 1.46. The van der Waals surface area contributed by atoms with Gasteiger partial charge in [-0.2, -0.15) is 0 Å². The Labute approximate surface area is 192 Å². The van der Waals surface area contributed by atoms with Crippen LogP contribution in [0.2, 0.25) is 0 Å². The molecular formula is C21H25BrN4O6. The van der Waals surface area contributed by atoms with Crippen LogP contribution in [0.1, 0.15) is 44.9 Å². The summed E-state index contributed by atoms with van der Waals surface area (Å²) in [6, 6.07) is 0. The zero-order valence-electron chi connectivity index (χ0n) is 17.7. The van der Waals surface area contributed by atoms with Gasteiger partial charge >= 0.3 is 5.97 Å². The van der Waals surface area contributed by atoms with Gasteiger partial charge in [0.2, 0.25) is 0 Å². The second-order valence-electron chi connectivity index (χ2n) is 9.26. The summed E-state index contributed by atoms with van der Waals surface area (Å²) in [6.45, 7) is 3.13. The normalized spacial score (nSPS) is 37.8. The molecule has 11 heteroatoms. The van der Waals surface area contributed by atoms with Crippen LogP contribution in [0, 0.1) is 11.3 Å². The van der Waals surface area contributed by atoms with Crippen molar-refractivity contribution in [1.82, 2.24) is 14.4 Å². The topological polar surface area (TPSA) is 130 Å². The van der Waals surface area contributed by atoms with E-state index in [2.05, 4.69) is 20.9 Å². The van der Waals surface area contributed by atoms with Crippen molar-refractivity contribution >= 4 is 33.2 Å². The molecule has 2 spiro atoms. The highest BCUT2D eigenvalue weighted by Gasteiger charge is 2.76. The van der Waals surface area contributed by atoms with Gasteiger partial charge in [0.1, 0.15) is 21.4 Å². The van der Waals surface area contributed by atoms with Crippen LogP contribution in [0.4, 0.5) is 5.82 Å². The summed E-state index contributed by atoms with van der Waals surface area (Å²) in [5.41, 5.74) is 4.52. The van der Waals surface area contributed by atoms with Crippen LogP contribution in [-0.4, -0.2) is 56.8 Å². The van der Waals surface area contributed by atoms with Crippen LogP contribution >= 0.6 is 15.9 Å². The molecule has 4 atom stereocenters. The van der Waals surface area contributed by atoms with Gasteiger partial charge in [-0.05, 0) is 35.2 Å². The third kappa shape index (κ3) is 2.40. The minimum absolute atomic E-state index is 0.00230. The van der Waals surface area contributed by atoms with E-state index in [9.17, 15) is 9.90 Å². The molecule has 0 aromatic carbocycles. The Kier molecular flexibility index (Phi) is 4.31.